The van der Waals surface area contributed by atoms with E-state index >= 15 is 0 Å². The number of nitrogens with zero attached hydrogens (tertiary/aromatic N) is 3. The Morgan fingerprint density at radius 1 is 0.952 bits per heavy atom. The smallest absolute Gasteiger partial charge is 0.265 e. The molecular weight excluding hydrogens is 577 g/mol. The molecule has 0 aliphatic carbocycles. The first-order chi connectivity index (χ1) is 20.3. The zero-order valence-corrected chi connectivity index (χ0v) is 25.1. The summed E-state index contributed by atoms with van der Waals surface area (Å²) >= 11 is 6.75. The monoisotopic (exact) mass is 609 g/mol. The highest BCUT2D eigenvalue weighted by Crippen LogP contribution is 2.35. The van der Waals surface area contributed by atoms with Gasteiger partial charge in [0.1, 0.15) is 17.3 Å². The van der Waals surface area contributed by atoms with E-state index in [0.29, 0.717) is 28.6 Å². The molecule has 1 aliphatic heterocycles. The van der Waals surface area contributed by atoms with E-state index in [2.05, 4.69) is 34.1 Å². The highest BCUT2D eigenvalue weighted by Gasteiger charge is 2.29. The summed E-state index contributed by atoms with van der Waals surface area (Å²) in [7, 11) is -1.20. The van der Waals surface area contributed by atoms with Crippen LogP contribution < -0.4 is 13.8 Å². The zero-order chi connectivity index (χ0) is 29.7. The molecule has 0 spiro atoms. The van der Waals surface area contributed by atoms with Gasteiger partial charge in [-0.25, -0.2) is 17.7 Å². The second kappa shape index (κ2) is 13.1. The fourth-order valence-corrected chi connectivity index (χ4v) is 7.08. The van der Waals surface area contributed by atoms with E-state index in [1.165, 1.54) is 38.0 Å². The molecule has 0 N–H and O–H groups in total. The summed E-state index contributed by atoms with van der Waals surface area (Å²) in [4.78, 5) is 6.26. The summed E-state index contributed by atoms with van der Waals surface area (Å²) in [5, 5.41) is 0.350. The van der Waals surface area contributed by atoms with Gasteiger partial charge in [0.25, 0.3) is 10.0 Å². The number of halogens is 2. The highest BCUT2D eigenvalue weighted by molar-refractivity contribution is 7.92. The average molecular weight is 610 g/mol. The Labute approximate surface area is 251 Å². The van der Waals surface area contributed by atoms with Gasteiger partial charge in [-0.05, 0) is 66.9 Å². The van der Waals surface area contributed by atoms with Crippen molar-refractivity contribution in [3.63, 3.8) is 0 Å². The van der Waals surface area contributed by atoms with Crippen LogP contribution >= 0.6 is 11.6 Å². The maximum Gasteiger partial charge on any atom is 0.265 e. The van der Waals surface area contributed by atoms with Gasteiger partial charge in [-0.3, -0.25) is 4.90 Å². The number of likely N-dealkylation sites (tertiary alicyclic amines) is 1. The van der Waals surface area contributed by atoms with Crippen molar-refractivity contribution < 1.29 is 22.3 Å². The van der Waals surface area contributed by atoms with Crippen molar-refractivity contribution >= 4 is 27.4 Å². The van der Waals surface area contributed by atoms with Gasteiger partial charge in [0, 0.05) is 29.2 Å². The second-order valence-corrected chi connectivity index (χ2v) is 12.4. The summed E-state index contributed by atoms with van der Waals surface area (Å²) < 4.78 is 54.2. The molecule has 1 atom stereocenters. The van der Waals surface area contributed by atoms with Crippen molar-refractivity contribution in [2.45, 2.75) is 43.3 Å². The van der Waals surface area contributed by atoms with Crippen molar-refractivity contribution in [2.24, 2.45) is 0 Å². The third-order valence-corrected chi connectivity index (χ3v) is 9.65. The average Bonchev–Trinajstić information content (AvgIpc) is 3.01. The first-order valence-corrected chi connectivity index (χ1v) is 15.6. The lowest BCUT2D eigenvalue weighted by Gasteiger charge is -2.36. The summed E-state index contributed by atoms with van der Waals surface area (Å²) in [5.74, 6) is 0.123. The molecule has 7 nitrogen and oxygen atoms in total. The molecule has 0 unspecified atom stereocenters. The Hall–Kier alpha value is -3.66. The van der Waals surface area contributed by atoms with Crippen LogP contribution in [0.5, 0.6) is 11.5 Å². The number of hydrogen-bond acceptors (Lipinski definition) is 6. The normalized spacial score (nSPS) is 15.8. The van der Waals surface area contributed by atoms with Crippen LogP contribution in [-0.4, -0.2) is 39.1 Å². The number of ether oxygens (including phenoxy) is 2. The van der Waals surface area contributed by atoms with Crippen LogP contribution in [0.2, 0.25) is 5.02 Å². The number of sulfonamides is 1. The predicted molar refractivity (Wildman–Crippen MR) is 162 cm³/mol. The molecular formula is C32H33ClFN3O4S. The Bertz CT molecular complexity index is 1640. The van der Waals surface area contributed by atoms with E-state index in [4.69, 9.17) is 21.1 Å². The summed E-state index contributed by atoms with van der Waals surface area (Å²) in [6.45, 7) is 1.37. The number of aromatic nitrogens is 1. The molecule has 5 rings (SSSR count). The van der Waals surface area contributed by atoms with E-state index < -0.39 is 16.0 Å². The third-order valence-electron chi connectivity index (χ3n) is 7.55. The SMILES string of the molecule is COc1ccc(CN(c2cccc(F)n2)S(=O)(=O)c2ccc(CN3CCCC[C@H]3c3ccccc3)c(Cl)c2)c(OC)c1. The molecule has 1 fully saturated rings. The molecule has 0 bridgehead atoms. The lowest BCUT2D eigenvalue weighted by molar-refractivity contribution is 0.140. The minimum atomic E-state index is -4.22. The number of rotatable bonds is 10. The molecule has 0 radical (unpaired) electrons. The fourth-order valence-electron chi connectivity index (χ4n) is 5.36. The van der Waals surface area contributed by atoms with Crippen LogP contribution in [0.4, 0.5) is 10.2 Å². The van der Waals surface area contributed by atoms with Gasteiger partial charge in [0.2, 0.25) is 5.95 Å². The summed E-state index contributed by atoms with van der Waals surface area (Å²) in [6, 6.07) is 24.6. The lowest BCUT2D eigenvalue weighted by Crippen LogP contribution is -2.33. The van der Waals surface area contributed by atoms with Crippen LogP contribution in [0.3, 0.4) is 0 Å². The van der Waals surface area contributed by atoms with Gasteiger partial charge in [-0.1, -0.05) is 60.5 Å². The summed E-state index contributed by atoms with van der Waals surface area (Å²) in [5.41, 5.74) is 2.65. The molecule has 1 aliphatic rings. The fraction of sp³-hybridized carbons (Fsp3) is 0.281. The molecule has 2 heterocycles. The first kappa shape index (κ1) is 29.8. The molecule has 3 aromatic carbocycles. The van der Waals surface area contributed by atoms with Gasteiger partial charge in [0.15, 0.2) is 0 Å². The highest BCUT2D eigenvalue weighted by atomic mass is 35.5. The maximum atomic E-state index is 14.2. The van der Waals surface area contributed by atoms with Crippen molar-refractivity contribution in [3.05, 3.63) is 113 Å². The zero-order valence-electron chi connectivity index (χ0n) is 23.5. The molecule has 0 amide bonds. The van der Waals surface area contributed by atoms with Gasteiger partial charge >= 0.3 is 0 Å². The quantitative estimate of drug-likeness (QED) is 0.180. The van der Waals surface area contributed by atoms with Gasteiger partial charge < -0.3 is 9.47 Å². The Morgan fingerprint density at radius 2 is 1.74 bits per heavy atom. The predicted octanol–water partition coefficient (Wildman–Crippen LogP) is 7.01. The van der Waals surface area contributed by atoms with Crippen molar-refractivity contribution in [1.29, 1.82) is 0 Å². The molecule has 0 saturated carbocycles. The number of piperidine rings is 1. The molecule has 10 heteroatoms. The Balaban J connectivity index is 1.46. The standard InChI is InChI=1S/C32H33ClFN3O4S/c1-40-26-16-14-25(30(19-26)41-2)22-37(32-13-8-12-31(34)35-32)42(38,39)27-17-15-24(28(33)20-27)21-36-18-7-6-11-29(36)23-9-4-3-5-10-23/h3-5,8-10,12-17,19-20,29H,6-7,11,18,21-22H2,1-2H3/t29-/m0/s1. The van der Waals surface area contributed by atoms with Crippen molar-refractivity contribution in [2.75, 3.05) is 25.1 Å². The van der Waals surface area contributed by atoms with Gasteiger partial charge in [-0.2, -0.15) is 4.39 Å². The Morgan fingerprint density at radius 3 is 2.45 bits per heavy atom. The van der Waals surface area contributed by atoms with E-state index in [-0.39, 0.29) is 23.3 Å². The van der Waals surface area contributed by atoms with E-state index in [9.17, 15) is 12.8 Å². The molecule has 4 aromatic rings. The van der Waals surface area contributed by atoms with Crippen LogP contribution in [0.25, 0.3) is 0 Å². The van der Waals surface area contributed by atoms with E-state index in [1.807, 2.05) is 6.07 Å². The first-order valence-electron chi connectivity index (χ1n) is 13.7. The number of methoxy groups -OCH3 is 2. The number of hydrogen-bond donors (Lipinski definition) is 0. The minimum absolute atomic E-state index is 0.0203. The van der Waals surface area contributed by atoms with Crippen LogP contribution in [0.1, 0.15) is 42.0 Å². The van der Waals surface area contributed by atoms with E-state index in [1.54, 1.807) is 30.3 Å². The largest absolute Gasteiger partial charge is 0.497 e. The van der Waals surface area contributed by atoms with Gasteiger partial charge in [-0.15, -0.1) is 0 Å². The lowest BCUT2D eigenvalue weighted by atomic mass is 9.94. The van der Waals surface area contributed by atoms with Crippen molar-refractivity contribution in [3.8, 4) is 11.5 Å². The molecule has 1 saturated heterocycles. The second-order valence-electron chi connectivity index (χ2n) is 10.2. The van der Waals surface area contributed by atoms with Crippen molar-refractivity contribution in [1.82, 2.24) is 9.88 Å². The summed E-state index contributed by atoms with van der Waals surface area (Å²) in [6.07, 6.45) is 3.31. The Kier molecular flexibility index (Phi) is 9.30. The van der Waals surface area contributed by atoms with Crippen LogP contribution in [-0.2, 0) is 23.1 Å². The van der Waals surface area contributed by atoms with Gasteiger partial charge in [0.05, 0.1) is 25.7 Å². The molecule has 220 valence electrons. The molecule has 42 heavy (non-hydrogen) atoms. The van der Waals surface area contributed by atoms with Crippen LogP contribution in [0, 0.1) is 5.95 Å². The third kappa shape index (κ3) is 6.53. The number of benzene rings is 3. The molecule has 1 aromatic heterocycles. The minimum Gasteiger partial charge on any atom is -0.497 e. The topological polar surface area (TPSA) is 72.0 Å². The maximum absolute atomic E-state index is 14.2. The number of anilines is 1. The van der Waals surface area contributed by atoms with E-state index in [0.717, 1.165) is 41.7 Å². The van der Waals surface area contributed by atoms with Crippen LogP contribution in [0.15, 0.2) is 89.8 Å². The number of pyridine rings is 1.